The molecule has 3 rings (SSSR count). The minimum absolute atomic E-state index is 0.107. The quantitative estimate of drug-likeness (QED) is 0.568. The van der Waals surface area contributed by atoms with Gasteiger partial charge in [-0.1, -0.05) is 6.07 Å². The lowest BCUT2D eigenvalue weighted by atomic mass is 9.96. The van der Waals surface area contributed by atoms with Gasteiger partial charge in [-0.2, -0.15) is 5.26 Å². The van der Waals surface area contributed by atoms with Gasteiger partial charge in [0.25, 0.3) is 11.5 Å². The summed E-state index contributed by atoms with van der Waals surface area (Å²) in [6.07, 6.45) is 3.83. The summed E-state index contributed by atoms with van der Waals surface area (Å²) in [5, 5.41) is 9.19. The van der Waals surface area contributed by atoms with Crippen molar-refractivity contribution < 1.29 is 9.59 Å². The molecule has 1 fully saturated rings. The number of piperidine rings is 1. The van der Waals surface area contributed by atoms with Crippen molar-refractivity contribution in [3.05, 3.63) is 45.4 Å². The van der Waals surface area contributed by atoms with Crippen LogP contribution in [0.5, 0.6) is 0 Å². The van der Waals surface area contributed by atoms with Gasteiger partial charge in [0, 0.05) is 25.2 Å². The van der Waals surface area contributed by atoms with E-state index in [-0.39, 0.29) is 23.0 Å². The van der Waals surface area contributed by atoms with Crippen molar-refractivity contribution >= 4 is 29.4 Å². The van der Waals surface area contributed by atoms with Gasteiger partial charge in [-0.15, -0.1) is 0 Å². The van der Waals surface area contributed by atoms with Gasteiger partial charge in [0.2, 0.25) is 5.91 Å². The zero-order chi connectivity index (χ0) is 20.4. The zero-order valence-electron chi connectivity index (χ0n) is 15.4. The Morgan fingerprint density at radius 1 is 1.32 bits per heavy atom. The summed E-state index contributed by atoms with van der Waals surface area (Å²) in [7, 11) is 0. The molecule has 1 aliphatic rings. The van der Waals surface area contributed by atoms with E-state index in [4.69, 9.17) is 11.5 Å². The van der Waals surface area contributed by atoms with Crippen molar-refractivity contribution in [3.8, 4) is 6.07 Å². The summed E-state index contributed by atoms with van der Waals surface area (Å²) >= 11 is 0. The van der Waals surface area contributed by atoms with Gasteiger partial charge >= 0.3 is 0 Å². The molecule has 4 N–H and O–H groups in total. The van der Waals surface area contributed by atoms with Crippen LogP contribution in [-0.4, -0.2) is 34.3 Å². The first-order chi connectivity index (χ1) is 13.3. The third kappa shape index (κ3) is 3.44. The average Bonchev–Trinajstić information content (AvgIpc) is 2.67. The number of nitrogens with zero attached hydrogens (tertiary/aromatic N) is 4. The van der Waals surface area contributed by atoms with Crippen LogP contribution < -0.4 is 21.9 Å². The highest BCUT2D eigenvalue weighted by molar-refractivity contribution is 6.01. The fourth-order valence-corrected chi connectivity index (χ4v) is 3.35. The molecule has 28 heavy (non-hydrogen) atoms. The average molecular weight is 380 g/mol. The Kier molecular flexibility index (Phi) is 5.13. The molecular weight excluding hydrogens is 360 g/mol. The lowest BCUT2D eigenvalue weighted by molar-refractivity contribution is -0.122. The van der Waals surface area contributed by atoms with Crippen molar-refractivity contribution in [2.24, 2.45) is 17.4 Å². The second kappa shape index (κ2) is 7.52. The normalized spacial score (nSPS) is 15.4. The molecule has 0 atom stereocenters. The molecule has 9 heteroatoms. The maximum absolute atomic E-state index is 13.1. The first kappa shape index (κ1) is 19.1. The van der Waals surface area contributed by atoms with Crippen molar-refractivity contribution in [2.45, 2.75) is 19.8 Å². The van der Waals surface area contributed by atoms with Gasteiger partial charge in [0.1, 0.15) is 23.1 Å². The molecule has 0 saturated carbocycles. The highest BCUT2D eigenvalue weighted by atomic mass is 16.1. The van der Waals surface area contributed by atoms with Crippen LogP contribution in [0.25, 0.3) is 11.7 Å². The fourth-order valence-electron chi connectivity index (χ4n) is 3.35. The standard InChI is InChI=1S/C19H20N6O3/c1-11-3-2-6-25-17(11)23-18(24-7-4-12(5-8-24)15(21)26)14(19(25)28)9-13(10-20)16(22)27/h2-3,6,9,12H,4-5,7-8H2,1H3,(H2,21,26)(H2,22,27)/b13-9-. The number of carbonyl (C=O) groups excluding carboxylic acids is 2. The van der Waals surface area contributed by atoms with E-state index >= 15 is 0 Å². The number of amides is 2. The number of anilines is 1. The second-order valence-electron chi connectivity index (χ2n) is 6.74. The summed E-state index contributed by atoms with van der Waals surface area (Å²) in [5.74, 6) is -1.13. The number of primary amides is 2. The number of pyridine rings is 1. The van der Waals surface area contributed by atoms with E-state index in [0.717, 1.165) is 5.56 Å². The summed E-state index contributed by atoms with van der Waals surface area (Å²) in [5.41, 5.74) is 11.3. The van der Waals surface area contributed by atoms with Crippen molar-refractivity contribution in [2.75, 3.05) is 18.0 Å². The van der Waals surface area contributed by atoms with Crippen LogP contribution in [0.15, 0.2) is 28.7 Å². The lowest BCUT2D eigenvalue weighted by Gasteiger charge is -2.32. The second-order valence-corrected chi connectivity index (χ2v) is 6.74. The van der Waals surface area contributed by atoms with Gasteiger partial charge in [0.15, 0.2) is 0 Å². The third-order valence-corrected chi connectivity index (χ3v) is 4.94. The Labute approximate surface area is 160 Å². The first-order valence-corrected chi connectivity index (χ1v) is 8.81. The summed E-state index contributed by atoms with van der Waals surface area (Å²) in [4.78, 5) is 42.6. The number of hydrogen-bond acceptors (Lipinski definition) is 6. The van der Waals surface area contributed by atoms with E-state index in [9.17, 15) is 19.6 Å². The molecule has 0 radical (unpaired) electrons. The third-order valence-electron chi connectivity index (χ3n) is 4.94. The van der Waals surface area contributed by atoms with E-state index < -0.39 is 11.5 Å². The molecule has 9 nitrogen and oxygen atoms in total. The number of aryl methyl sites for hydroxylation is 1. The number of rotatable bonds is 4. The Bertz CT molecular complexity index is 1090. The molecule has 2 aromatic heterocycles. The fraction of sp³-hybridized carbons (Fsp3) is 0.316. The maximum atomic E-state index is 13.1. The van der Waals surface area contributed by atoms with Crippen LogP contribution in [0.1, 0.15) is 24.0 Å². The molecule has 0 aliphatic carbocycles. The van der Waals surface area contributed by atoms with Crippen LogP contribution in [0, 0.1) is 24.2 Å². The highest BCUT2D eigenvalue weighted by Crippen LogP contribution is 2.25. The molecule has 0 bridgehead atoms. The molecule has 1 saturated heterocycles. The minimum atomic E-state index is -0.922. The smallest absolute Gasteiger partial charge is 0.267 e. The molecule has 0 spiro atoms. The van der Waals surface area contributed by atoms with Gasteiger partial charge in [-0.25, -0.2) is 4.98 Å². The van der Waals surface area contributed by atoms with Crippen LogP contribution in [-0.2, 0) is 9.59 Å². The van der Waals surface area contributed by atoms with E-state index in [1.54, 1.807) is 18.3 Å². The van der Waals surface area contributed by atoms with Gasteiger partial charge < -0.3 is 16.4 Å². The molecule has 144 valence electrons. The number of carbonyl (C=O) groups is 2. The summed E-state index contributed by atoms with van der Waals surface area (Å²) in [6.45, 7) is 2.79. The predicted molar refractivity (Wildman–Crippen MR) is 103 cm³/mol. The Balaban J connectivity index is 2.20. The minimum Gasteiger partial charge on any atom is -0.369 e. The van der Waals surface area contributed by atoms with Crippen LogP contribution in [0.2, 0.25) is 0 Å². The SMILES string of the molecule is Cc1cccn2c(=O)c(/C=C(/C#N)C(N)=O)c(N3CCC(C(N)=O)CC3)nc12. The molecule has 2 aromatic rings. The highest BCUT2D eigenvalue weighted by Gasteiger charge is 2.27. The summed E-state index contributed by atoms with van der Waals surface area (Å²) < 4.78 is 1.37. The Hall–Kier alpha value is -3.67. The van der Waals surface area contributed by atoms with Gasteiger partial charge in [0.05, 0.1) is 5.56 Å². The maximum Gasteiger partial charge on any atom is 0.267 e. The first-order valence-electron chi connectivity index (χ1n) is 8.81. The van der Waals surface area contributed by atoms with E-state index in [2.05, 4.69) is 4.98 Å². The summed E-state index contributed by atoms with van der Waals surface area (Å²) in [6, 6.07) is 5.28. The number of nitrogens with two attached hydrogens (primary N) is 2. The molecule has 2 amide bonds. The molecule has 0 unspecified atom stereocenters. The molecule has 3 heterocycles. The van der Waals surface area contributed by atoms with Crippen molar-refractivity contribution in [3.63, 3.8) is 0 Å². The van der Waals surface area contributed by atoms with E-state index in [0.29, 0.717) is 37.4 Å². The van der Waals surface area contributed by atoms with E-state index in [1.807, 2.05) is 17.9 Å². The Morgan fingerprint density at radius 2 is 2.00 bits per heavy atom. The topological polar surface area (TPSA) is 148 Å². The number of hydrogen-bond donors (Lipinski definition) is 2. The lowest BCUT2D eigenvalue weighted by Crippen LogP contribution is -2.40. The van der Waals surface area contributed by atoms with Crippen molar-refractivity contribution in [1.82, 2.24) is 9.38 Å². The molecule has 0 aromatic carbocycles. The molecule has 1 aliphatic heterocycles. The van der Waals surface area contributed by atoms with Crippen LogP contribution >= 0.6 is 0 Å². The number of nitriles is 1. The molecular formula is C19H20N6O3. The van der Waals surface area contributed by atoms with Gasteiger partial charge in [-0.3, -0.25) is 18.8 Å². The number of aromatic nitrogens is 2. The predicted octanol–water partition coefficient (Wildman–Crippen LogP) is 0.0969. The monoisotopic (exact) mass is 380 g/mol. The van der Waals surface area contributed by atoms with Crippen molar-refractivity contribution in [1.29, 1.82) is 5.26 Å². The van der Waals surface area contributed by atoms with Gasteiger partial charge in [-0.05, 0) is 37.5 Å². The van der Waals surface area contributed by atoms with E-state index in [1.165, 1.54) is 10.5 Å². The zero-order valence-corrected chi connectivity index (χ0v) is 15.4. The number of fused-ring (bicyclic) bond motifs is 1. The Morgan fingerprint density at radius 3 is 2.57 bits per heavy atom. The largest absolute Gasteiger partial charge is 0.369 e. The van der Waals surface area contributed by atoms with Crippen LogP contribution in [0.3, 0.4) is 0 Å². The van der Waals surface area contributed by atoms with Crippen LogP contribution in [0.4, 0.5) is 5.82 Å².